The zero-order chi connectivity index (χ0) is 24.4. The molecule has 3 aromatic carbocycles. The largest absolute Gasteiger partial charge is 0.486 e. The SMILES string of the molecule is Cc1cccc(COc2c(Cl)cc(/C=C3\C(=O)NC(=S)N(c4ccccc4F)C3=O)cc2Cl)c1. The maximum Gasteiger partial charge on any atom is 0.270 e. The number of thiocarbonyl (C=S) groups is 1. The second-order valence-electron chi connectivity index (χ2n) is 7.50. The van der Waals surface area contributed by atoms with E-state index in [9.17, 15) is 14.0 Å². The van der Waals surface area contributed by atoms with Crippen LogP contribution in [0.1, 0.15) is 16.7 Å². The van der Waals surface area contributed by atoms with Gasteiger partial charge in [0.1, 0.15) is 18.0 Å². The van der Waals surface area contributed by atoms with Crippen molar-refractivity contribution in [2.75, 3.05) is 4.90 Å². The Labute approximate surface area is 210 Å². The second kappa shape index (κ2) is 9.93. The lowest BCUT2D eigenvalue weighted by molar-refractivity contribution is -0.122. The molecule has 3 aromatic rings. The minimum Gasteiger partial charge on any atom is -0.486 e. The number of benzene rings is 3. The van der Waals surface area contributed by atoms with Crippen LogP contribution in [0.5, 0.6) is 5.75 Å². The summed E-state index contributed by atoms with van der Waals surface area (Å²) in [7, 11) is 0. The Bertz CT molecular complexity index is 1340. The first kappa shape index (κ1) is 23.9. The molecule has 0 bridgehead atoms. The number of carbonyl (C=O) groups excluding carboxylic acids is 2. The molecule has 1 fully saturated rings. The van der Waals surface area contributed by atoms with Crippen molar-refractivity contribution in [3.05, 3.63) is 98.8 Å². The first-order valence-electron chi connectivity index (χ1n) is 10.1. The number of hydrogen-bond acceptors (Lipinski definition) is 4. The van der Waals surface area contributed by atoms with Crippen LogP contribution in [0.25, 0.3) is 6.08 Å². The number of carbonyl (C=O) groups is 2. The van der Waals surface area contributed by atoms with E-state index in [1.165, 1.54) is 36.4 Å². The summed E-state index contributed by atoms with van der Waals surface area (Å²) in [6.45, 7) is 2.24. The van der Waals surface area contributed by atoms with E-state index in [-0.39, 0.29) is 38.8 Å². The lowest BCUT2D eigenvalue weighted by Crippen LogP contribution is -2.54. The molecule has 4 rings (SSSR count). The topological polar surface area (TPSA) is 58.6 Å². The average molecular weight is 515 g/mol. The fourth-order valence-corrected chi connectivity index (χ4v) is 4.32. The number of nitrogens with one attached hydrogen (secondary N) is 1. The normalized spacial score (nSPS) is 15.0. The van der Waals surface area contributed by atoms with Crippen LogP contribution in [0.2, 0.25) is 10.0 Å². The van der Waals surface area contributed by atoms with Crippen molar-refractivity contribution in [2.45, 2.75) is 13.5 Å². The van der Waals surface area contributed by atoms with Crippen molar-refractivity contribution < 1.29 is 18.7 Å². The molecule has 0 aliphatic carbocycles. The predicted octanol–water partition coefficient (Wildman–Crippen LogP) is 5.85. The quantitative estimate of drug-likeness (QED) is 0.263. The highest BCUT2D eigenvalue weighted by atomic mass is 35.5. The summed E-state index contributed by atoms with van der Waals surface area (Å²) in [5.74, 6) is -1.86. The first-order chi connectivity index (χ1) is 16.2. The number of halogens is 3. The zero-order valence-electron chi connectivity index (χ0n) is 17.8. The lowest BCUT2D eigenvalue weighted by atomic mass is 10.1. The molecular formula is C25H17Cl2FN2O3S. The van der Waals surface area contributed by atoms with E-state index in [1.54, 1.807) is 6.07 Å². The van der Waals surface area contributed by atoms with Gasteiger partial charge in [-0.15, -0.1) is 0 Å². The smallest absolute Gasteiger partial charge is 0.270 e. The predicted molar refractivity (Wildman–Crippen MR) is 135 cm³/mol. The molecule has 0 atom stereocenters. The molecule has 1 heterocycles. The molecule has 1 N–H and O–H groups in total. The summed E-state index contributed by atoms with van der Waals surface area (Å²) < 4.78 is 20.1. The number of rotatable bonds is 5. The van der Waals surface area contributed by atoms with Crippen molar-refractivity contribution in [2.24, 2.45) is 0 Å². The lowest BCUT2D eigenvalue weighted by Gasteiger charge is -2.29. The highest BCUT2D eigenvalue weighted by Crippen LogP contribution is 2.36. The summed E-state index contributed by atoms with van der Waals surface area (Å²) >= 11 is 17.9. The standard InChI is InChI=1S/C25H17Cl2FN2O3S/c1-14-5-4-6-15(9-14)13-33-22-18(26)11-16(12-19(22)27)10-17-23(31)29-25(34)30(24(17)32)21-8-3-2-7-20(21)28/h2-12H,13H2,1H3,(H,29,31,34)/b17-10+. The van der Waals surface area contributed by atoms with Gasteiger partial charge < -0.3 is 4.74 Å². The van der Waals surface area contributed by atoms with Crippen molar-refractivity contribution in [1.82, 2.24) is 5.32 Å². The maximum atomic E-state index is 14.3. The van der Waals surface area contributed by atoms with Gasteiger partial charge in [0.25, 0.3) is 11.8 Å². The fourth-order valence-electron chi connectivity index (χ4n) is 3.43. The third-order valence-corrected chi connectivity index (χ3v) is 5.84. The van der Waals surface area contributed by atoms with Gasteiger partial charge in [0.2, 0.25) is 0 Å². The maximum absolute atomic E-state index is 14.3. The molecular weight excluding hydrogens is 498 g/mol. The summed E-state index contributed by atoms with van der Waals surface area (Å²) in [5.41, 5.74) is 2.11. The molecule has 0 aromatic heterocycles. The summed E-state index contributed by atoms with van der Waals surface area (Å²) in [5, 5.41) is 2.61. The number of anilines is 1. The van der Waals surface area contributed by atoms with Gasteiger partial charge in [-0.05, 0) is 60.6 Å². The molecule has 1 saturated heterocycles. The van der Waals surface area contributed by atoms with Crippen LogP contribution in [-0.2, 0) is 16.2 Å². The van der Waals surface area contributed by atoms with Crippen LogP contribution in [0.4, 0.5) is 10.1 Å². The number of para-hydroxylation sites is 1. The van der Waals surface area contributed by atoms with Gasteiger partial charge in [0.15, 0.2) is 10.9 Å². The van der Waals surface area contributed by atoms with Gasteiger partial charge in [-0.3, -0.25) is 14.9 Å². The van der Waals surface area contributed by atoms with E-state index < -0.39 is 17.6 Å². The Kier molecular flexibility index (Phi) is 6.97. The average Bonchev–Trinajstić information content (AvgIpc) is 2.77. The second-order valence-corrected chi connectivity index (χ2v) is 8.70. The van der Waals surface area contributed by atoms with E-state index in [0.717, 1.165) is 16.0 Å². The van der Waals surface area contributed by atoms with Crippen molar-refractivity contribution in [3.63, 3.8) is 0 Å². The Hall–Kier alpha value is -3.26. The van der Waals surface area contributed by atoms with Gasteiger partial charge in [-0.1, -0.05) is 65.2 Å². The third-order valence-electron chi connectivity index (χ3n) is 4.99. The van der Waals surface area contributed by atoms with Crippen LogP contribution >= 0.6 is 35.4 Å². The van der Waals surface area contributed by atoms with Gasteiger partial charge in [0, 0.05) is 0 Å². The first-order valence-corrected chi connectivity index (χ1v) is 11.2. The number of aryl methyl sites for hydroxylation is 1. The number of ether oxygens (including phenoxy) is 1. The van der Waals surface area contributed by atoms with Gasteiger partial charge >= 0.3 is 0 Å². The fraction of sp³-hybridized carbons (Fsp3) is 0.0800. The van der Waals surface area contributed by atoms with Crippen LogP contribution in [0.3, 0.4) is 0 Å². The zero-order valence-corrected chi connectivity index (χ0v) is 20.1. The molecule has 0 saturated carbocycles. The number of nitrogens with zero attached hydrogens (tertiary/aromatic N) is 1. The van der Waals surface area contributed by atoms with E-state index in [4.69, 9.17) is 40.2 Å². The van der Waals surface area contributed by atoms with E-state index >= 15 is 0 Å². The minimum absolute atomic E-state index is 0.0700. The molecule has 2 amide bonds. The molecule has 0 radical (unpaired) electrons. The molecule has 0 spiro atoms. The third kappa shape index (κ3) is 4.97. The number of amides is 2. The number of hydrogen-bond donors (Lipinski definition) is 1. The van der Waals surface area contributed by atoms with E-state index in [2.05, 4.69) is 5.32 Å². The summed E-state index contributed by atoms with van der Waals surface area (Å²) in [6, 6.07) is 16.5. The molecule has 34 heavy (non-hydrogen) atoms. The Morgan fingerprint density at radius 1 is 1.06 bits per heavy atom. The van der Waals surface area contributed by atoms with Gasteiger partial charge in [-0.25, -0.2) is 9.29 Å². The van der Waals surface area contributed by atoms with Crippen molar-refractivity contribution in [1.29, 1.82) is 0 Å². The minimum atomic E-state index is -0.772. The van der Waals surface area contributed by atoms with E-state index in [1.807, 2.05) is 31.2 Å². The Morgan fingerprint density at radius 2 is 1.76 bits per heavy atom. The molecule has 1 aliphatic rings. The highest BCUT2D eigenvalue weighted by molar-refractivity contribution is 7.80. The van der Waals surface area contributed by atoms with E-state index in [0.29, 0.717) is 5.56 Å². The molecule has 1 aliphatic heterocycles. The van der Waals surface area contributed by atoms with Crippen LogP contribution < -0.4 is 15.0 Å². The van der Waals surface area contributed by atoms with Crippen LogP contribution in [0.15, 0.2) is 66.2 Å². The monoisotopic (exact) mass is 514 g/mol. The van der Waals surface area contributed by atoms with Crippen molar-refractivity contribution in [3.8, 4) is 5.75 Å². The van der Waals surface area contributed by atoms with Crippen molar-refractivity contribution >= 4 is 64.1 Å². The summed E-state index contributed by atoms with van der Waals surface area (Å²) in [4.78, 5) is 26.5. The highest BCUT2D eigenvalue weighted by Gasteiger charge is 2.35. The Balaban J connectivity index is 1.62. The van der Waals surface area contributed by atoms with Gasteiger partial charge in [-0.2, -0.15) is 0 Å². The van der Waals surface area contributed by atoms with Crippen LogP contribution in [0, 0.1) is 12.7 Å². The van der Waals surface area contributed by atoms with Gasteiger partial charge in [0.05, 0.1) is 15.7 Å². The molecule has 5 nitrogen and oxygen atoms in total. The molecule has 9 heteroatoms. The Morgan fingerprint density at radius 3 is 2.44 bits per heavy atom. The summed E-state index contributed by atoms with van der Waals surface area (Å²) in [6.07, 6.45) is 1.31. The van der Waals surface area contributed by atoms with Crippen LogP contribution in [-0.4, -0.2) is 16.9 Å². The molecule has 172 valence electrons. The molecule has 0 unspecified atom stereocenters.